The first-order valence-electron chi connectivity index (χ1n) is 5.12. The minimum Gasteiger partial charge on any atom is -0.313 e. The Bertz CT molecular complexity index is 752. The Kier molecular flexibility index (Phi) is 1.68. The third-order valence-corrected chi connectivity index (χ3v) is 2.81. The molecule has 0 aliphatic rings. The lowest BCUT2D eigenvalue weighted by Crippen LogP contribution is -2.13. The highest BCUT2D eigenvalue weighted by Gasteiger charge is 2.09. The number of fused-ring (bicyclic) bond motifs is 3. The van der Waals surface area contributed by atoms with Crippen molar-refractivity contribution in [3.8, 4) is 0 Å². The van der Waals surface area contributed by atoms with Gasteiger partial charge in [-0.05, 0) is 19.1 Å². The number of aryl methyl sites for hydroxylation is 2. The summed E-state index contributed by atoms with van der Waals surface area (Å²) in [5.41, 5.74) is 2.63. The van der Waals surface area contributed by atoms with Crippen LogP contribution in [0.2, 0.25) is 0 Å². The van der Waals surface area contributed by atoms with Crippen molar-refractivity contribution in [3.63, 3.8) is 0 Å². The van der Waals surface area contributed by atoms with Gasteiger partial charge in [0.1, 0.15) is 0 Å². The molecule has 0 atom stereocenters. The Morgan fingerprint density at radius 2 is 1.88 bits per heavy atom. The second-order valence-corrected chi connectivity index (χ2v) is 3.92. The zero-order valence-corrected chi connectivity index (χ0v) is 9.14. The Balaban J connectivity index is 2.73. The van der Waals surface area contributed by atoms with Crippen molar-refractivity contribution in [2.24, 2.45) is 7.05 Å². The molecule has 0 spiro atoms. The summed E-state index contributed by atoms with van der Waals surface area (Å²) in [7, 11) is 1.92. The molecule has 80 valence electrons. The van der Waals surface area contributed by atoms with E-state index in [4.69, 9.17) is 0 Å². The summed E-state index contributed by atoms with van der Waals surface area (Å²) in [6.07, 6.45) is 0. The molecule has 0 N–H and O–H groups in total. The minimum atomic E-state index is -0.0284. The van der Waals surface area contributed by atoms with E-state index in [9.17, 15) is 4.79 Å². The van der Waals surface area contributed by atoms with E-state index in [0.717, 1.165) is 16.7 Å². The zero-order valence-electron chi connectivity index (χ0n) is 9.14. The zero-order chi connectivity index (χ0) is 11.3. The highest BCUT2D eigenvalue weighted by molar-refractivity contribution is 5.80. The largest absolute Gasteiger partial charge is 0.313 e. The standard InChI is InChI=1S/C12H11N3O/c1-8-7-11(16)15-10-6-4-3-5-9(10)14(2)12(15)13-8/h3-7H,1-2H3. The molecule has 0 amide bonds. The predicted molar refractivity (Wildman–Crippen MR) is 62.7 cm³/mol. The van der Waals surface area contributed by atoms with E-state index >= 15 is 0 Å². The Hall–Kier alpha value is -2.10. The summed E-state index contributed by atoms with van der Waals surface area (Å²) in [6.45, 7) is 1.83. The Morgan fingerprint density at radius 3 is 2.62 bits per heavy atom. The van der Waals surface area contributed by atoms with E-state index in [-0.39, 0.29) is 5.56 Å². The average Bonchev–Trinajstić information content (AvgIpc) is 2.54. The van der Waals surface area contributed by atoms with Crippen LogP contribution in [0.15, 0.2) is 35.1 Å². The lowest BCUT2D eigenvalue weighted by Gasteiger charge is -1.96. The van der Waals surface area contributed by atoms with E-state index in [1.165, 1.54) is 0 Å². The molecule has 0 unspecified atom stereocenters. The van der Waals surface area contributed by atoms with E-state index < -0.39 is 0 Å². The van der Waals surface area contributed by atoms with Gasteiger partial charge in [0.25, 0.3) is 5.56 Å². The second kappa shape index (κ2) is 2.95. The monoisotopic (exact) mass is 213 g/mol. The summed E-state index contributed by atoms with van der Waals surface area (Å²) in [5.74, 6) is 0.686. The predicted octanol–water partition coefficient (Wildman–Crippen LogP) is 1.49. The van der Waals surface area contributed by atoms with Crippen LogP contribution in [-0.4, -0.2) is 14.0 Å². The van der Waals surface area contributed by atoms with Crippen molar-refractivity contribution in [2.75, 3.05) is 0 Å². The molecule has 0 saturated heterocycles. The van der Waals surface area contributed by atoms with Gasteiger partial charge >= 0.3 is 0 Å². The highest BCUT2D eigenvalue weighted by atomic mass is 16.1. The maximum absolute atomic E-state index is 11.9. The maximum atomic E-state index is 11.9. The maximum Gasteiger partial charge on any atom is 0.259 e. The van der Waals surface area contributed by atoms with Gasteiger partial charge in [-0.1, -0.05) is 12.1 Å². The molecule has 4 nitrogen and oxygen atoms in total. The van der Waals surface area contributed by atoms with Gasteiger partial charge in [-0.25, -0.2) is 9.38 Å². The van der Waals surface area contributed by atoms with Crippen LogP contribution in [0.25, 0.3) is 16.8 Å². The molecule has 0 radical (unpaired) electrons. The quantitative estimate of drug-likeness (QED) is 0.567. The minimum absolute atomic E-state index is 0.0284. The van der Waals surface area contributed by atoms with Gasteiger partial charge in [0.05, 0.1) is 11.0 Å². The summed E-state index contributed by atoms with van der Waals surface area (Å²) in [4.78, 5) is 16.3. The van der Waals surface area contributed by atoms with Crippen LogP contribution >= 0.6 is 0 Å². The highest BCUT2D eigenvalue weighted by Crippen LogP contribution is 2.16. The number of aromatic nitrogens is 3. The van der Waals surface area contributed by atoms with Crippen molar-refractivity contribution in [1.82, 2.24) is 14.0 Å². The SMILES string of the molecule is Cc1cc(=O)n2c3ccccc3n(C)c2n1. The fourth-order valence-electron chi connectivity index (χ4n) is 2.08. The summed E-state index contributed by atoms with van der Waals surface area (Å²) in [6, 6.07) is 9.35. The van der Waals surface area contributed by atoms with Crippen LogP contribution < -0.4 is 5.56 Å². The van der Waals surface area contributed by atoms with E-state index in [0.29, 0.717) is 5.78 Å². The molecule has 16 heavy (non-hydrogen) atoms. The van der Waals surface area contributed by atoms with Crippen LogP contribution in [0.5, 0.6) is 0 Å². The number of benzene rings is 1. The molecule has 3 rings (SSSR count). The van der Waals surface area contributed by atoms with Crippen LogP contribution in [0.1, 0.15) is 5.69 Å². The van der Waals surface area contributed by atoms with Crippen molar-refractivity contribution >= 4 is 16.8 Å². The molecule has 0 aliphatic carbocycles. The topological polar surface area (TPSA) is 39.3 Å². The number of para-hydroxylation sites is 2. The molecule has 4 heteroatoms. The molecular weight excluding hydrogens is 202 g/mol. The van der Waals surface area contributed by atoms with Gasteiger partial charge in [0, 0.05) is 18.8 Å². The molecule has 0 bridgehead atoms. The first-order valence-corrected chi connectivity index (χ1v) is 5.12. The van der Waals surface area contributed by atoms with Crippen LogP contribution in [0.4, 0.5) is 0 Å². The van der Waals surface area contributed by atoms with Crippen molar-refractivity contribution in [1.29, 1.82) is 0 Å². The number of hydrogen-bond donors (Lipinski definition) is 0. The molecule has 0 saturated carbocycles. The first kappa shape index (κ1) is 9.15. The number of nitrogens with zero attached hydrogens (tertiary/aromatic N) is 3. The summed E-state index contributed by atoms with van der Waals surface area (Å²) < 4.78 is 3.58. The lowest BCUT2D eigenvalue weighted by atomic mass is 10.3. The Morgan fingerprint density at radius 1 is 1.19 bits per heavy atom. The van der Waals surface area contributed by atoms with Gasteiger partial charge in [-0.15, -0.1) is 0 Å². The summed E-state index contributed by atoms with van der Waals surface area (Å²) in [5, 5.41) is 0. The molecule has 2 heterocycles. The van der Waals surface area contributed by atoms with E-state index in [1.54, 1.807) is 10.5 Å². The third-order valence-electron chi connectivity index (χ3n) is 2.81. The fraction of sp³-hybridized carbons (Fsp3) is 0.167. The molecule has 1 aromatic carbocycles. The lowest BCUT2D eigenvalue weighted by molar-refractivity contribution is 0.925. The number of hydrogen-bond acceptors (Lipinski definition) is 2. The van der Waals surface area contributed by atoms with E-state index in [1.807, 2.05) is 42.8 Å². The first-order chi connectivity index (χ1) is 7.68. The Labute approximate surface area is 91.8 Å². The van der Waals surface area contributed by atoms with Crippen LogP contribution in [0, 0.1) is 6.92 Å². The van der Waals surface area contributed by atoms with Gasteiger partial charge in [-0.3, -0.25) is 4.79 Å². The molecule has 3 aromatic rings. The van der Waals surface area contributed by atoms with Crippen molar-refractivity contribution in [2.45, 2.75) is 6.92 Å². The summed E-state index contributed by atoms with van der Waals surface area (Å²) >= 11 is 0. The average molecular weight is 213 g/mol. The fourth-order valence-corrected chi connectivity index (χ4v) is 2.08. The van der Waals surface area contributed by atoms with Crippen LogP contribution in [0.3, 0.4) is 0 Å². The van der Waals surface area contributed by atoms with Gasteiger partial charge in [0.15, 0.2) is 0 Å². The molecular formula is C12H11N3O. The molecule has 0 fully saturated rings. The number of imidazole rings is 1. The van der Waals surface area contributed by atoms with Crippen molar-refractivity contribution < 1.29 is 0 Å². The molecule has 2 aromatic heterocycles. The molecule has 0 aliphatic heterocycles. The van der Waals surface area contributed by atoms with Crippen molar-refractivity contribution in [3.05, 3.63) is 46.4 Å². The van der Waals surface area contributed by atoms with Gasteiger partial charge in [0.2, 0.25) is 5.78 Å². The van der Waals surface area contributed by atoms with Crippen LogP contribution in [-0.2, 0) is 7.05 Å². The smallest absolute Gasteiger partial charge is 0.259 e. The van der Waals surface area contributed by atoms with Gasteiger partial charge in [-0.2, -0.15) is 0 Å². The normalized spacial score (nSPS) is 11.4. The number of rotatable bonds is 0. The third kappa shape index (κ3) is 1.04. The van der Waals surface area contributed by atoms with E-state index in [2.05, 4.69) is 4.98 Å². The second-order valence-electron chi connectivity index (χ2n) is 3.92. The van der Waals surface area contributed by atoms with Gasteiger partial charge < -0.3 is 4.57 Å².